The number of aromatic nitrogens is 2. The van der Waals surface area contributed by atoms with E-state index in [2.05, 4.69) is 15.3 Å². The van der Waals surface area contributed by atoms with Gasteiger partial charge in [0, 0.05) is 11.5 Å². The molecule has 0 aliphatic carbocycles. The summed E-state index contributed by atoms with van der Waals surface area (Å²) < 4.78 is 49.6. The monoisotopic (exact) mass is 405 g/mol. The van der Waals surface area contributed by atoms with Gasteiger partial charge in [-0.15, -0.1) is 0 Å². The van der Waals surface area contributed by atoms with E-state index in [4.69, 9.17) is 14.6 Å². The molecule has 2 heterocycles. The van der Waals surface area contributed by atoms with Gasteiger partial charge in [-0.1, -0.05) is 0 Å². The van der Waals surface area contributed by atoms with Crippen LogP contribution in [0.3, 0.4) is 0 Å². The number of hydrogen-bond acceptors (Lipinski definition) is 9. The highest BCUT2D eigenvalue weighted by Gasteiger charge is 2.44. The zero-order valence-corrected chi connectivity index (χ0v) is 14.5. The standard InChI is InChI=1S/C16H18F3N3O6/c1-27-6-2-3-7-8(4-6)20-15(16(17,18)19)22-13(7)21-10-12(25)11(24)9(5-23)28-14(10)26/h2-4,9-12,14,23-26H,5H2,1H3,(H,20,21,22)/t9-,10?,11?,12-,14?/m1/s1. The average molecular weight is 405 g/mol. The summed E-state index contributed by atoms with van der Waals surface area (Å²) in [6, 6.07) is 2.74. The minimum atomic E-state index is -4.85. The first-order valence-corrected chi connectivity index (χ1v) is 8.15. The Morgan fingerprint density at radius 3 is 2.50 bits per heavy atom. The Balaban J connectivity index is 2.04. The number of aliphatic hydroxyl groups excluding tert-OH is 4. The predicted octanol–water partition coefficient (Wildman–Crippen LogP) is -0.131. The molecular weight excluding hydrogens is 387 g/mol. The molecule has 28 heavy (non-hydrogen) atoms. The van der Waals surface area contributed by atoms with E-state index >= 15 is 0 Å². The van der Waals surface area contributed by atoms with Crippen LogP contribution in [0.25, 0.3) is 10.9 Å². The number of fused-ring (bicyclic) bond motifs is 1. The lowest BCUT2D eigenvalue weighted by atomic mass is 9.97. The molecule has 0 spiro atoms. The molecule has 3 rings (SSSR count). The Hall–Kier alpha value is -2.25. The van der Waals surface area contributed by atoms with Gasteiger partial charge in [0.15, 0.2) is 6.29 Å². The van der Waals surface area contributed by atoms with Crippen LogP contribution in [-0.4, -0.2) is 74.8 Å². The number of ether oxygens (including phenoxy) is 2. The third kappa shape index (κ3) is 3.82. The van der Waals surface area contributed by atoms with Gasteiger partial charge in [0.05, 0.1) is 19.2 Å². The minimum Gasteiger partial charge on any atom is -0.497 e. The lowest BCUT2D eigenvalue weighted by Gasteiger charge is -2.40. The van der Waals surface area contributed by atoms with Gasteiger partial charge in [-0.05, 0) is 12.1 Å². The fourth-order valence-electron chi connectivity index (χ4n) is 2.88. The van der Waals surface area contributed by atoms with Gasteiger partial charge in [0.2, 0.25) is 5.82 Å². The van der Waals surface area contributed by atoms with Crippen LogP contribution in [0.4, 0.5) is 19.0 Å². The zero-order valence-electron chi connectivity index (χ0n) is 14.5. The van der Waals surface area contributed by atoms with Crippen LogP contribution in [0.2, 0.25) is 0 Å². The van der Waals surface area contributed by atoms with Crippen molar-refractivity contribution >= 4 is 16.7 Å². The second-order valence-corrected chi connectivity index (χ2v) is 6.18. The molecule has 1 aromatic carbocycles. The number of methoxy groups -OCH3 is 1. The third-order valence-electron chi connectivity index (χ3n) is 4.36. The zero-order chi connectivity index (χ0) is 20.6. The number of rotatable bonds is 4. The molecule has 1 saturated heterocycles. The van der Waals surface area contributed by atoms with E-state index in [1.54, 1.807) is 0 Å². The highest BCUT2D eigenvalue weighted by atomic mass is 19.4. The van der Waals surface area contributed by atoms with Gasteiger partial charge >= 0.3 is 6.18 Å². The van der Waals surface area contributed by atoms with Crippen molar-refractivity contribution in [3.8, 4) is 5.75 Å². The van der Waals surface area contributed by atoms with Crippen molar-refractivity contribution in [1.82, 2.24) is 9.97 Å². The van der Waals surface area contributed by atoms with Crippen molar-refractivity contribution in [2.45, 2.75) is 36.8 Å². The number of benzene rings is 1. The fraction of sp³-hybridized carbons (Fsp3) is 0.500. The number of anilines is 1. The summed E-state index contributed by atoms with van der Waals surface area (Å²) in [6.45, 7) is -0.670. The van der Waals surface area contributed by atoms with Crippen LogP contribution >= 0.6 is 0 Å². The molecule has 5 atom stereocenters. The number of nitrogens with one attached hydrogen (secondary N) is 1. The van der Waals surface area contributed by atoms with Crippen molar-refractivity contribution in [1.29, 1.82) is 0 Å². The van der Waals surface area contributed by atoms with Crippen molar-refractivity contribution in [2.24, 2.45) is 0 Å². The van der Waals surface area contributed by atoms with Crippen LogP contribution in [0.15, 0.2) is 18.2 Å². The van der Waals surface area contributed by atoms with E-state index in [9.17, 15) is 28.5 Å². The van der Waals surface area contributed by atoms with Gasteiger partial charge in [-0.2, -0.15) is 13.2 Å². The van der Waals surface area contributed by atoms with Crippen molar-refractivity contribution < 1.29 is 43.1 Å². The summed E-state index contributed by atoms with van der Waals surface area (Å²) in [4.78, 5) is 6.95. The van der Waals surface area contributed by atoms with E-state index in [0.29, 0.717) is 0 Å². The molecule has 0 bridgehead atoms. The van der Waals surface area contributed by atoms with Crippen LogP contribution in [0.5, 0.6) is 5.75 Å². The van der Waals surface area contributed by atoms with Crippen LogP contribution in [0.1, 0.15) is 5.82 Å². The summed E-state index contributed by atoms with van der Waals surface area (Å²) in [5.74, 6) is -1.50. The Labute approximate surface area is 156 Å². The normalized spacial score (nSPS) is 28.4. The minimum absolute atomic E-state index is 0.0846. The molecule has 1 fully saturated rings. The first kappa shape index (κ1) is 20.5. The van der Waals surface area contributed by atoms with Gasteiger partial charge in [-0.25, -0.2) is 9.97 Å². The second-order valence-electron chi connectivity index (χ2n) is 6.18. The van der Waals surface area contributed by atoms with Gasteiger partial charge < -0.3 is 35.2 Å². The molecule has 5 N–H and O–H groups in total. The molecule has 154 valence electrons. The van der Waals surface area contributed by atoms with Crippen LogP contribution in [0, 0.1) is 0 Å². The molecule has 12 heteroatoms. The number of nitrogens with zero attached hydrogens (tertiary/aromatic N) is 2. The fourth-order valence-corrected chi connectivity index (χ4v) is 2.88. The summed E-state index contributed by atoms with van der Waals surface area (Å²) in [5.41, 5.74) is -0.0846. The molecule has 1 aliphatic rings. The molecule has 9 nitrogen and oxygen atoms in total. The van der Waals surface area contributed by atoms with E-state index in [1.165, 1.54) is 25.3 Å². The van der Waals surface area contributed by atoms with Gasteiger partial charge in [0.25, 0.3) is 0 Å². The molecule has 0 amide bonds. The molecule has 0 radical (unpaired) electrons. The van der Waals surface area contributed by atoms with Crippen molar-refractivity contribution in [3.05, 3.63) is 24.0 Å². The Morgan fingerprint density at radius 1 is 1.18 bits per heavy atom. The maximum absolute atomic E-state index is 13.2. The van der Waals surface area contributed by atoms with Crippen LogP contribution in [-0.2, 0) is 10.9 Å². The summed E-state index contributed by atoms with van der Waals surface area (Å²) in [5, 5.41) is 42.0. The summed E-state index contributed by atoms with van der Waals surface area (Å²) in [6.07, 6.45) is -11.1. The molecule has 0 saturated carbocycles. The lowest BCUT2D eigenvalue weighted by Crippen LogP contribution is -2.61. The Morgan fingerprint density at radius 2 is 1.89 bits per heavy atom. The first-order chi connectivity index (χ1) is 13.2. The van der Waals surface area contributed by atoms with E-state index in [0.717, 1.165) is 0 Å². The van der Waals surface area contributed by atoms with E-state index in [-0.39, 0.29) is 22.5 Å². The Kier molecular flexibility index (Phi) is 5.59. The molecule has 3 unspecified atom stereocenters. The topological polar surface area (TPSA) is 137 Å². The largest absolute Gasteiger partial charge is 0.497 e. The van der Waals surface area contributed by atoms with E-state index < -0.39 is 49.3 Å². The summed E-state index contributed by atoms with van der Waals surface area (Å²) in [7, 11) is 1.34. The Bertz CT molecular complexity index is 852. The number of aliphatic hydroxyl groups is 4. The van der Waals surface area contributed by atoms with Crippen molar-refractivity contribution in [2.75, 3.05) is 19.0 Å². The first-order valence-electron chi connectivity index (χ1n) is 8.15. The number of hydrogen-bond donors (Lipinski definition) is 5. The smallest absolute Gasteiger partial charge is 0.451 e. The average Bonchev–Trinajstić information content (AvgIpc) is 2.66. The van der Waals surface area contributed by atoms with E-state index in [1.807, 2.05) is 0 Å². The second kappa shape index (κ2) is 7.64. The molecule has 1 aliphatic heterocycles. The maximum Gasteiger partial charge on any atom is 0.451 e. The van der Waals surface area contributed by atoms with Crippen LogP contribution < -0.4 is 10.1 Å². The number of halogens is 3. The van der Waals surface area contributed by atoms with Gasteiger partial charge in [0.1, 0.15) is 35.9 Å². The quantitative estimate of drug-likeness (QED) is 0.471. The predicted molar refractivity (Wildman–Crippen MR) is 88.5 cm³/mol. The molecular formula is C16H18F3N3O6. The van der Waals surface area contributed by atoms with Crippen molar-refractivity contribution in [3.63, 3.8) is 0 Å². The lowest BCUT2D eigenvalue weighted by molar-refractivity contribution is -0.245. The summed E-state index contributed by atoms with van der Waals surface area (Å²) >= 11 is 0. The third-order valence-corrected chi connectivity index (χ3v) is 4.36. The number of alkyl halides is 3. The molecule has 1 aromatic heterocycles. The SMILES string of the molecule is COc1ccc2c(NC3C(O)O[C@H](CO)C(O)[C@@H]3O)nc(C(F)(F)F)nc2c1. The maximum atomic E-state index is 13.2. The highest BCUT2D eigenvalue weighted by Crippen LogP contribution is 2.33. The highest BCUT2D eigenvalue weighted by molar-refractivity contribution is 5.90. The molecule has 2 aromatic rings. The van der Waals surface area contributed by atoms with Gasteiger partial charge in [-0.3, -0.25) is 0 Å².